The molecule has 26 heavy (non-hydrogen) atoms. The average Bonchev–Trinajstić information content (AvgIpc) is 3.09. The lowest BCUT2D eigenvalue weighted by Gasteiger charge is -2.64. The third-order valence-electron chi connectivity index (χ3n) is 10.2. The second-order valence-corrected chi connectivity index (χ2v) is 11.7. The molecule has 6 heteroatoms. The highest BCUT2D eigenvalue weighted by Crippen LogP contribution is 2.67. The van der Waals surface area contributed by atoms with Crippen molar-refractivity contribution in [1.82, 2.24) is 0 Å². The zero-order chi connectivity index (χ0) is 18.3. The maximum atomic E-state index is 6.60. The third-order valence-corrected chi connectivity index (χ3v) is 10.2. The van der Waals surface area contributed by atoms with Gasteiger partial charge in [0.15, 0.2) is 0 Å². The van der Waals surface area contributed by atoms with E-state index in [0.29, 0.717) is 22.7 Å². The molecule has 8 rings (SSSR count). The van der Waals surface area contributed by atoms with Crippen molar-refractivity contribution in [3.63, 3.8) is 0 Å². The van der Waals surface area contributed by atoms with Crippen molar-refractivity contribution in [3.8, 4) is 0 Å². The molecule has 4 nitrogen and oxygen atoms in total. The molecule has 142 valence electrons. The highest BCUT2D eigenvalue weighted by atomic mass is 16.7. The smallest absolute Gasteiger partial charge is 0.407 e. The Bertz CT molecular complexity index is 612. The van der Waals surface area contributed by atoms with E-state index in [-0.39, 0.29) is 37.4 Å². The lowest BCUT2D eigenvalue weighted by molar-refractivity contribution is -0.200. The van der Waals surface area contributed by atoms with Gasteiger partial charge in [0.05, 0.1) is 23.4 Å². The van der Waals surface area contributed by atoms with Crippen LogP contribution in [-0.4, -0.2) is 37.4 Å². The van der Waals surface area contributed by atoms with Crippen molar-refractivity contribution in [3.05, 3.63) is 0 Å². The maximum Gasteiger partial charge on any atom is 0.488 e. The van der Waals surface area contributed by atoms with Crippen molar-refractivity contribution in [1.29, 1.82) is 0 Å². The highest BCUT2D eigenvalue weighted by Gasteiger charge is 2.73. The number of hydrogen-bond donors (Lipinski definition) is 0. The van der Waals surface area contributed by atoms with Gasteiger partial charge in [-0.15, -0.1) is 0 Å². The van der Waals surface area contributed by atoms with Crippen molar-refractivity contribution < 1.29 is 18.6 Å². The molecule has 8 atom stereocenters. The fraction of sp³-hybridized carbons (Fsp3) is 1.00. The van der Waals surface area contributed by atoms with Gasteiger partial charge in [-0.3, -0.25) is 0 Å². The van der Waals surface area contributed by atoms with Gasteiger partial charge in [-0.25, -0.2) is 0 Å². The van der Waals surface area contributed by atoms with Crippen LogP contribution in [0, 0.1) is 34.5 Å². The summed E-state index contributed by atoms with van der Waals surface area (Å²) in [5.41, 5.74) is 0.357. The second kappa shape index (κ2) is 4.58. The first-order valence-corrected chi connectivity index (χ1v) is 10.7. The summed E-state index contributed by atoms with van der Waals surface area (Å²) in [5, 5.41) is 0. The van der Waals surface area contributed by atoms with E-state index in [9.17, 15) is 0 Å². The van der Waals surface area contributed by atoms with E-state index in [1.165, 1.54) is 12.8 Å². The Kier molecular flexibility index (Phi) is 2.97. The van der Waals surface area contributed by atoms with Crippen molar-refractivity contribution in [2.45, 2.75) is 90.6 Å². The Morgan fingerprint density at radius 1 is 0.615 bits per heavy atom. The van der Waals surface area contributed by atoms with Crippen LogP contribution in [0.4, 0.5) is 0 Å². The van der Waals surface area contributed by atoms with Crippen LogP contribution >= 0.6 is 0 Å². The summed E-state index contributed by atoms with van der Waals surface area (Å²) in [6.45, 7) is 14.1. The topological polar surface area (TPSA) is 36.9 Å². The van der Waals surface area contributed by atoms with Gasteiger partial charge in [-0.05, 0) is 74.0 Å². The van der Waals surface area contributed by atoms with Crippen molar-refractivity contribution in [2.24, 2.45) is 34.5 Å². The molecule has 2 aliphatic heterocycles. The molecule has 6 aliphatic carbocycles. The second-order valence-electron chi connectivity index (χ2n) is 11.7. The zero-order valence-electron chi connectivity index (χ0n) is 17.1. The Hall–Kier alpha value is -0.0301. The first-order valence-electron chi connectivity index (χ1n) is 10.7. The molecule has 2 heterocycles. The first-order chi connectivity index (χ1) is 12.1. The van der Waals surface area contributed by atoms with Gasteiger partial charge in [0.25, 0.3) is 0 Å². The van der Waals surface area contributed by atoms with Gasteiger partial charge >= 0.3 is 14.0 Å². The minimum absolute atomic E-state index is 0.189. The molecule has 0 aromatic carbocycles. The third kappa shape index (κ3) is 1.71. The van der Waals surface area contributed by atoms with Crippen LogP contribution in [0.1, 0.15) is 67.2 Å². The summed E-state index contributed by atoms with van der Waals surface area (Å²) in [4.78, 5) is 0. The molecular formula is C20H32B2O4. The molecule has 0 amide bonds. The maximum absolute atomic E-state index is 6.60. The Labute approximate surface area is 158 Å². The summed E-state index contributed by atoms with van der Waals surface area (Å²) in [6, 6.07) is 0. The summed E-state index contributed by atoms with van der Waals surface area (Å²) >= 11 is 0. The fourth-order valence-corrected chi connectivity index (χ4v) is 8.03. The normalized spacial score (nSPS) is 57.9. The summed E-state index contributed by atoms with van der Waals surface area (Å²) in [6.07, 6.45) is 5.17. The van der Waals surface area contributed by atoms with E-state index < -0.39 is 0 Å². The molecule has 2 saturated heterocycles. The molecule has 8 fully saturated rings. The molecule has 6 saturated carbocycles. The van der Waals surface area contributed by atoms with Crippen LogP contribution in [0.5, 0.6) is 0 Å². The molecule has 4 unspecified atom stereocenters. The van der Waals surface area contributed by atoms with E-state index >= 15 is 0 Å². The lowest BCUT2D eigenvalue weighted by atomic mass is 9.43. The quantitative estimate of drug-likeness (QED) is 0.673. The average molecular weight is 358 g/mol. The summed E-state index contributed by atoms with van der Waals surface area (Å²) in [5.74, 6) is 2.70. The van der Waals surface area contributed by atoms with Gasteiger partial charge in [0, 0.05) is 0 Å². The molecule has 0 N–H and O–H groups in total. The molecule has 0 spiro atoms. The van der Waals surface area contributed by atoms with E-state index in [0.717, 1.165) is 24.7 Å². The van der Waals surface area contributed by atoms with E-state index in [2.05, 4.69) is 41.5 Å². The van der Waals surface area contributed by atoms with Crippen LogP contribution in [0.15, 0.2) is 0 Å². The van der Waals surface area contributed by atoms with Gasteiger partial charge in [-0.1, -0.05) is 27.7 Å². The number of rotatable bonds is 1. The Balaban J connectivity index is 1.24. The summed E-state index contributed by atoms with van der Waals surface area (Å²) in [7, 11) is -0.745. The van der Waals surface area contributed by atoms with Crippen LogP contribution in [0.3, 0.4) is 0 Å². The summed E-state index contributed by atoms with van der Waals surface area (Å²) < 4.78 is 26.1. The fourth-order valence-electron chi connectivity index (χ4n) is 8.03. The monoisotopic (exact) mass is 358 g/mol. The predicted octanol–water partition coefficient (Wildman–Crippen LogP) is 3.52. The largest absolute Gasteiger partial charge is 0.488 e. The first kappa shape index (κ1) is 16.9. The van der Waals surface area contributed by atoms with E-state index in [1.807, 2.05) is 0 Å². The van der Waals surface area contributed by atoms with E-state index in [4.69, 9.17) is 18.6 Å². The molecular weight excluding hydrogens is 326 g/mol. The minimum atomic E-state index is -0.372. The molecule has 0 aromatic rings. The van der Waals surface area contributed by atoms with Gasteiger partial charge in [0.1, 0.15) is 0 Å². The Morgan fingerprint density at radius 3 is 1.35 bits per heavy atom. The van der Waals surface area contributed by atoms with Gasteiger partial charge in [0.2, 0.25) is 0 Å². The standard InChI is InChI=1S/C20H32B2O4/c1-17(2)11-7-13(17)19(5)15(9-11)23-21(25-19)22-24-16-10-12-8-14(18(12,3)4)20(16,6)26-22/h11-16H,7-10H2,1-6H3/t11?,12?,13-,14-,15?,16?,19-,20-/m0/s1. The van der Waals surface area contributed by atoms with Gasteiger partial charge < -0.3 is 18.6 Å². The van der Waals surface area contributed by atoms with Crippen LogP contribution in [0.25, 0.3) is 0 Å². The van der Waals surface area contributed by atoms with Crippen molar-refractivity contribution in [2.75, 3.05) is 0 Å². The minimum Gasteiger partial charge on any atom is -0.407 e. The van der Waals surface area contributed by atoms with E-state index in [1.54, 1.807) is 0 Å². The SMILES string of the molecule is CC1(C)C2CC3OB(B4OC5CC6C[C@@H](C6(C)C)[C@]5(C)O4)O[C@@]3(C)[C@H]1C2. The molecule has 4 bridgehead atoms. The van der Waals surface area contributed by atoms with Crippen LogP contribution in [0.2, 0.25) is 0 Å². The van der Waals surface area contributed by atoms with Crippen LogP contribution in [-0.2, 0) is 18.6 Å². The van der Waals surface area contributed by atoms with Gasteiger partial charge in [-0.2, -0.15) is 0 Å². The lowest BCUT2D eigenvalue weighted by Crippen LogP contribution is -2.65. The molecule has 8 aliphatic rings. The Morgan fingerprint density at radius 2 is 1.00 bits per heavy atom. The predicted molar refractivity (Wildman–Crippen MR) is 100 cm³/mol. The van der Waals surface area contributed by atoms with Crippen molar-refractivity contribution >= 4 is 14.0 Å². The molecule has 0 radical (unpaired) electrons. The zero-order valence-corrected chi connectivity index (χ0v) is 17.1. The number of hydrogen-bond acceptors (Lipinski definition) is 4. The highest BCUT2D eigenvalue weighted by molar-refractivity contribution is 7.11. The van der Waals surface area contributed by atoms with Crippen LogP contribution < -0.4 is 0 Å². The molecule has 0 aromatic heterocycles.